The van der Waals surface area contributed by atoms with Crippen LogP contribution in [0.1, 0.15) is 72.1 Å². The summed E-state index contributed by atoms with van der Waals surface area (Å²) in [6.45, 7) is 7.92. The lowest BCUT2D eigenvalue weighted by molar-refractivity contribution is 0.285. The second-order valence-corrected chi connectivity index (χ2v) is 5.22. The van der Waals surface area contributed by atoms with E-state index in [1.807, 2.05) is 0 Å². The zero-order chi connectivity index (χ0) is 10.9. The quantitative estimate of drug-likeness (QED) is 0.556. The molecule has 0 unspecified atom stereocenters. The zero-order valence-electron chi connectivity index (χ0n) is 10.4. The molecule has 0 amide bonds. The van der Waals surface area contributed by atoms with Gasteiger partial charge in [0.1, 0.15) is 0 Å². The van der Waals surface area contributed by atoms with Crippen LogP contribution in [0.5, 0.6) is 0 Å². The average molecular weight is 199 g/mol. The molecular weight excluding hydrogens is 170 g/mol. The molecule has 0 radical (unpaired) electrons. The number of hydrogen-bond acceptors (Lipinski definition) is 1. The second-order valence-electron chi connectivity index (χ2n) is 5.22. The van der Waals surface area contributed by atoms with Crippen molar-refractivity contribution in [2.75, 3.05) is 6.54 Å². The van der Waals surface area contributed by atoms with E-state index < -0.39 is 0 Å². The van der Waals surface area contributed by atoms with Gasteiger partial charge < -0.3 is 5.73 Å². The van der Waals surface area contributed by atoms with Crippen molar-refractivity contribution in [3.05, 3.63) is 0 Å². The Balaban J connectivity index is 3.40. The average Bonchev–Trinajstić information content (AvgIpc) is 2.13. The van der Waals surface area contributed by atoms with Crippen LogP contribution in [0.15, 0.2) is 0 Å². The minimum absolute atomic E-state index is 0.545. The molecule has 0 aromatic rings. The standard InChI is InChI=1S/C13H29N/c1-4-5-6-7-10-13(2,3)11-8-9-12-14/h4-12,14H2,1-3H3. The van der Waals surface area contributed by atoms with Crippen LogP contribution in [0.4, 0.5) is 0 Å². The Labute approximate surface area is 90.5 Å². The van der Waals surface area contributed by atoms with E-state index in [4.69, 9.17) is 5.73 Å². The number of nitrogens with two attached hydrogens (primary N) is 1. The van der Waals surface area contributed by atoms with Crippen LogP contribution in [0, 0.1) is 5.41 Å². The maximum absolute atomic E-state index is 5.50. The molecule has 0 aliphatic rings. The highest BCUT2D eigenvalue weighted by Crippen LogP contribution is 2.29. The van der Waals surface area contributed by atoms with Gasteiger partial charge in [-0.2, -0.15) is 0 Å². The van der Waals surface area contributed by atoms with E-state index in [9.17, 15) is 0 Å². The first kappa shape index (κ1) is 14.0. The molecule has 0 aliphatic heterocycles. The first-order chi connectivity index (χ1) is 6.62. The normalized spacial score (nSPS) is 12.0. The van der Waals surface area contributed by atoms with E-state index in [0.717, 1.165) is 6.54 Å². The van der Waals surface area contributed by atoms with E-state index in [1.165, 1.54) is 51.4 Å². The number of hydrogen-bond donors (Lipinski definition) is 1. The summed E-state index contributed by atoms with van der Waals surface area (Å²) in [5.41, 5.74) is 6.04. The van der Waals surface area contributed by atoms with Crippen LogP contribution < -0.4 is 5.73 Å². The Morgan fingerprint density at radius 1 is 0.857 bits per heavy atom. The van der Waals surface area contributed by atoms with Gasteiger partial charge in [-0.1, -0.05) is 52.9 Å². The van der Waals surface area contributed by atoms with Crippen LogP contribution >= 0.6 is 0 Å². The van der Waals surface area contributed by atoms with Gasteiger partial charge in [-0.3, -0.25) is 0 Å². The van der Waals surface area contributed by atoms with Crippen molar-refractivity contribution in [3.8, 4) is 0 Å². The minimum Gasteiger partial charge on any atom is -0.330 e. The summed E-state index contributed by atoms with van der Waals surface area (Å²) >= 11 is 0. The Kier molecular flexibility index (Phi) is 8.26. The summed E-state index contributed by atoms with van der Waals surface area (Å²) in [6, 6.07) is 0. The Bertz CT molecular complexity index is 118. The summed E-state index contributed by atoms with van der Waals surface area (Å²) in [6.07, 6.45) is 10.8. The summed E-state index contributed by atoms with van der Waals surface area (Å²) in [5, 5.41) is 0. The third kappa shape index (κ3) is 8.55. The number of rotatable bonds is 9. The molecule has 14 heavy (non-hydrogen) atoms. The minimum atomic E-state index is 0.545. The Morgan fingerprint density at radius 2 is 1.43 bits per heavy atom. The van der Waals surface area contributed by atoms with Crippen molar-refractivity contribution in [3.63, 3.8) is 0 Å². The van der Waals surface area contributed by atoms with Crippen LogP contribution in [0.3, 0.4) is 0 Å². The lowest BCUT2D eigenvalue weighted by atomic mass is 9.82. The van der Waals surface area contributed by atoms with Crippen molar-refractivity contribution in [2.45, 2.75) is 72.1 Å². The molecule has 0 spiro atoms. The van der Waals surface area contributed by atoms with Gasteiger partial charge in [-0.15, -0.1) is 0 Å². The van der Waals surface area contributed by atoms with Gasteiger partial charge in [0, 0.05) is 0 Å². The van der Waals surface area contributed by atoms with Crippen molar-refractivity contribution >= 4 is 0 Å². The molecule has 1 nitrogen and oxygen atoms in total. The molecule has 0 aromatic carbocycles. The highest BCUT2D eigenvalue weighted by Gasteiger charge is 2.16. The molecule has 0 aliphatic carbocycles. The van der Waals surface area contributed by atoms with E-state index in [0.29, 0.717) is 5.41 Å². The first-order valence-corrected chi connectivity index (χ1v) is 6.32. The van der Waals surface area contributed by atoms with Gasteiger partial charge in [0.15, 0.2) is 0 Å². The second kappa shape index (κ2) is 8.28. The van der Waals surface area contributed by atoms with Crippen molar-refractivity contribution in [2.24, 2.45) is 11.1 Å². The Hall–Kier alpha value is -0.0400. The monoisotopic (exact) mass is 199 g/mol. The zero-order valence-corrected chi connectivity index (χ0v) is 10.4. The highest BCUT2D eigenvalue weighted by atomic mass is 14.5. The molecular formula is C13H29N. The fourth-order valence-corrected chi connectivity index (χ4v) is 1.90. The maximum atomic E-state index is 5.50. The SMILES string of the molecule is CCCCCCC(C)(C)CCCCN. The van der Waals surface area contributed by atoms with Crippen LogP contribution in [-0.2, 0) is 0 Å². The molecule has 0 rings (SSSR count). The van der Waals surface area contributed by atoms with E-state index >= 15 is 0 Å². The van der Waals surface area contributed by atoms with E-state index in [1.54, 1.807) is 0 Å². The van der Waals surface area contributed by atoms with Crippen LogP contribution in [-0.4, -0.2) is 6.54 Å². The summed E-state index contributed by atoms with van der Waals surface area (Å²) < 4.78 is 0. The van der Waals surface area contributed by atoms with Crippen molar-refractivity contribution in [1.82, 2.24) is 0 Å². The van der Waals surface area contributed by atoms with Gasteiger partial charge >= 0.3 is 0 Å². The molecule has 0 saturated heterocycles. The predicted molar refractivity (Wildman–Crippen MR) is 65.4 cm³/mol. The van der Waals surface area contributed by atoms with Crippen LogP contribution in [0.2, 0.25) is 0 Å². The van der Waals surface area contributed by atoms with E-state index in [-0.39, 0.29) is 0 Å². The van der Waals surface area contributed by atoms with E-state index in [2.05, 4.69) is 20.8 Å². The molecule has 2 N–H and O–H groups in total. The summed E-state index contributed by atoms with van der Waals surface area (Å²) in [5.74, 6) is 0. The smallest absolute Gasteiger partial charge is 0.00773 e. The molecule has 86 valence electrons. The molecule has 0 saturated carbocycles. The lowest BCUT2D eigenvalue weighted by Gasteiger charge is -2.24. The molecule has 0 bridgehead atoms. The molecule has 0 atom stereocenters. The summed E-state index contributed by atoms with van der Waals surface area (Å²) in [4.78, 5) is 0. The van der Waals surface area contributed by atoms with Gasteiger partial charge in [0.25, 0.3) is 0 Å². The third-order valence-corrected chi connectivity index (χ3v) is 3.01. The fourth-order valence-electron chi connectivity index (χ4n) is 1.90. The molecule has 0 fully saturated rings. The lowest BCUT2D eigenvalue weighted by Crippen LogP contribution is -2.12. The predicted octanol–water partition coefficient (Wildman–Crippen LogP) is 4.11. The molecule has 0 aromatic heterocycles. The van der Waals surface area contributed by atoms with Crippen molar-refractivity contribution < 1.29 is 0 Å². The van der Waals surface area contributed by atoms with Gasteiger partial charge in [-0.05, 0) is 31.2 Å². The van der Waals surface area contributed by atoms with Crippen molar-refractivity contribution in [1.29, 1.82) is 0 Å². The van der Waals surface area contributed by atoms with Gasteiger partial charge in [0.05, 0.1) is 0 Å². The fraction of sp³-hybridized carbons (Fsp3) is 1.00. The first-order valence-electron chi connectivity index (χ1n) is 6.32. The van der Waals surface area contributed by atoms with Gasteiger partial charge in [-0.25, -0.2) is 0 Å². The van der Waals surface area contributed by atoms with Crippen LogP contribution in [0.25, 0.3) is 0 Å². The number of unbranched alkanes of at least 4 members (excludes halogenated alkanes) is 4. The topological polar surface area (TPSA) is 26.0 Å². The third-order valence-electron chi connectivity index (χ3n) is 3.01. The van der Waals surface area contributed by atoms with Gasteiger partial charge in [0.2, 0.25) is 0 Å². The molecule has 1 heteroatoms. The maximum Gasteiger partial charge on any atom is -0.00773 e. The summed E-state index contributed by atoms with van der Waals surface area (Å²) in [7, 11) is 0. The highest BCUT2D eigenvalue weighted by molar-refractivity contribution is 4.68. The largest absolute Gasteiger partial charge is 0.330 e. The molecule has 0 heterocycles. The Morgan fingerprint density at radius 3 is 1.93 bits per heavy atom.